The number of aryl methyl sites for hydroxylation is 1. The van der Waals surface area contributed by atoms with Gasteiger partial charge in [-0.25, -0.2) is 4.98 Å². The van der Waals surface area contributed by atoms with E-state index >= 15 is 0 Å². The van der Waals surface area contributed by atoms with Crippen LogP contribution in [0.15, 0.2) is 63.5 Å². The highest BCUT2D eigenvalue weighted by molar-refractivity contribution is 9.11. The number of fused-ring (bicyclic) bond motifs is 1. The Morgan fingerprint density at radius 2 is 1.90 bits per heavy atom. The van der Waals surface area contributed by atoms with Gasteiger partial charge in [0.05, 0.1) is 15.9 Å². The predicted molar refractivity (Wildman–Crippen MR) is 130 cm³/mol. The lowest BCUT2D eigenvalue weighted by Crippen LogP contribution is -2.21. The normalized spacial score (nSPS) is 10.9. The molecule has 0 saturated heterocycles. The molecule has 0 aliphatic carbocycles. The molecule has 4 nitrogen and oxygen atoms in total. The number of carbonyl (C=O) groups excluding carboxylic acids is 1. The standard InChI is InChI=1S/C23H18Br2N2O2S/c1-13-6-5-8-19(14(13)2)29-12-21(28)27-22-16(10-15(24)11-17(22)25)23-26-18-7-3-4-9-20(18)30-23/h3-11H,12H2,1-2H3,(H,27,28). The molecule has 0 fully saturated rings. The number of nitrogens with one attached hydrogen (secondary N) is 1. The van der Waals surface area contributed by atoms with Gasteiger partial charge in [0, 0.05) is 14.5 Å². The molecule has 0 spiro atoms. The van der Waals surface area contributed by atoms with Gasteiger partial charge in [0.25, 0.3) is 5.91 Å². The summed E-state index contributed by atoms with van der Waals surface area (Å²) in [5.74, 6) is 0.479. The van der Waals surface area contributed by atoms with Crippen molar-refractivity contribution in [1.82, 2.24) is 4.98 Å². The zero-order valence-electron chi connectivity index (χ0n) is 16.3. The Labute approximate surface area is 195 Å². The molecule has 1 amide bonds. The Morgan fingerprint density at radius 1 is 1.10 bits per heavy atom. The van der Waals surface area contributed by atoms with Crippen LogP contribution in [0, 0.1) is 13.8 Å². The number of amides is 1. The Hall–Kier alpha value is -2.22. The number of rotatable bonds is 5. The van der Waals surface area contributed by atoms with Crippen molar-refractivity contribution in [3.63, 3.8) is 0 Å². The molecular formula is C23H18Br2N2O2S. The highest BCUT2D eigenvalue weighted by atomic mass is 79.9. The largest absolute Gasteiger partial charge is 0.483 e. The van der Waals surface area contributed by atoms with Gasteiger partial charge in [0.1, 0.15) is 10.8 Å². The summed E-state index contributed by atoms with van der Waals surface area (Å²) in [5, 5.41) is 3.83. The molecule has 0 atom stereocenters. The van der Waals surface area contributed by atoms with Crippen molar-refractivity contribution in [2.45, 2.75) is 13.8 Å². The lowest BCUT2D eigenvalue weighted by Gasteiger charge is -2.14. The van der Waals surface area contributed by atoms with Crippen LogP contribution in [0.4, 0.5) is 5.69 Å². The van der Waals surface area contributed by atoms with Crippen molar-refractivity contribution in [1.29, 1.82) is 0 Å². The van der Waals surface area contributed by atoms with E-state index in [4.69, 9.17) is 9.72 Å². The Balaban J connectivity index is 1.60. The number of anilines is 1. The number of aromatic nitrogens is 1. The van der Waals surface area contributed by atoms with E-state index in [9.17, 15) is 4.79 Å². The molecule has 0 saturated carbocycles. The number of nitrogens with zero attached hydrogens (tertiary/aromatic N) is 1. The third kappa shape index (κ3) is 4.43. The summed E-state index contributed by atoms with van der Waals surface area (Å²) in [6, 6.07) is 17.7. The number of hydrogen-bond donors (Lipinski definition) is 1. The molecule has 0 bridgehead atoms. The van der Waals surface area contributed by atoms with E-state index in [1.807, 2.05) is 68.4 Å². The lowest BCUT2D eigenvalue weighted by atomic mass is 10.1. The summed E-state index contributed by atoms with van der Waals surface area (Å²) in [7, 11) is 0. The minimum atomic E-state index is -0.235. The summed E-state index contributed by atoms with van der Waals surface area (Å²) >= 11 is 8.70. The summed E-state index contributed by atoms with van der Waals surface area (Å²) < 4.78 is 8.52. The van der Waals surface area contributed by atoms with E-state index in [0.29, 0.717) is 11.4 Å². The van der Waals surface area contributed by atoms with Crippen molar-refractivity contribution >= 4 is 65.0 Å². The number of halogens is 2. The van der Waals surface area contributed by atoms with E-state index < -0.39 is 0 Å². The second-order valence-corrected chi connectivity index (χ2v) is 9.63. The third-order valence-corrected chi connectivity index (χ3v) is 6.91. The van der Waals surface area contributed by atoms with Gasteiger partial charge in [-0.05, 0) is 71.2 Å². The maximum absolute atomic E-state index is 12.7. The smallest absolute Gasteiger partial charge is 0.262 e. The first-order valence-electron chi connectivity index (χ1n) is 9.26. The highest BCUT2D eigenvalue weighted by Gasteiger charge is 2.17. The second kappa shape index (κ2) is 8.88. The molecule has 7 heteroatoms. The molecule has 0 aliphatic rings. The number of carbonyl (C=O) groups is 1. The van der Waals surface area contributed by atoms with E-state index in [1.165, 1.54) is 0 Å². The Bertz CT molecular complexity index is 1220. The molecule has 1 N–H and O–H groups in total. The van der Waals surface area contributed by atoms with Crippen LogP contribution in [0.1, 0.15) is 11.1 Å². The van der Waals surface area contributed by atoms with Crippen LogP contribution in [0.25, 0.3) is 20.8 Å². The number of para-hydroxylation sites is 1. The fraction of sp³-hybridized carbons (Fsp3) is 0.130. The Morgan fingerprint density at radius 3 is 2.70 bits per heavy atom. The average molecular weight is 546 g/mol. The molecular weight excluding hydrogens is 528 g/mol. The van der Waals surface area contributed by atoms with E-state index in [0.717, 1.165) is 40.9 Å². The first-order valence-corrected chi connectivity index (χ1v) is 11.7. The second-order valence-electron chi connectivity index (χ2n) is 6.83. The van der Waals surface area contributed by atoms with Crippen LogP contribution in [0.2, 0.25) is 0 Å². The fourth-order valence-electron chi connectivity index (χ4n) is 3.06. The predicted octanol–water partition coefficient (Wildman–Crippen LogP) is 7.12. The SMILES string of the molecule is Cc1cccc(OCC(=O)Nc2c(Br)cc(Br)cc2-c2nc3ccccc3s2)c1C. The molecule has 3 aromatic carbocycles. The van der Waals surface area contributed by atoms with Gasteiger partial charge in [-0.15, -0.1) is 11.3 Å². The van der Waals surface area contributed by atoms with Crippen molar-refractivity contribution in [3.8, 4) is 16.3 Å². The van der Waals surface area contributed by atoms with Crippen LogP contribution in [0.3, 0.4) is 0 Å². The molecule has 0 radical (unpaired) electrons. The van der Waals surface area contributed by atoms with Gasteiger partial charge in [0.15, 0.2) is 6.61 Å². The minimum Gasteiger partial charge on any atom is -0.483 e. The van der Waals surface area contributed by atoms with Gasteiger partial charge in [-0.1, -0.05) is 40.2 Å². The molecule has 30 heavy (non-hydrogen) atoms. The highest BCUT2D eigenvalue weighted by Crippen LogP contribution is 2.40. The topological polar surface area (TPSA) is 51.2 Å². The first-order chi connectivity index (χ1) is 14.4. The molecule has 1 heterocycles. The summed E-state index contributed by atoms with van der Waals surface area (Å²) in [4.78, 5) is 17.4. The van der Waals surface area contributed by atoms with Crippen LogP contribution in [0.5, 0.6) is 5.75 Å². The first kappa shape index (κ1) is 21.0. The van der Waals surface area contributed by atoms with Gasteiger partial charge in [-0.2, -0.15) is 0 Å². The molecule has 0 unspecified atom stereocenters. The van der Waals surface area contributed by atoms with Gasteiger partial charge >= 0.3 is 0 Å². The number of thiazole rings is 1. The third-order valence-electron chi connectivity index (χ3n) is 4.76. The number of hydrogen-bond acceptors (Lipinski definition) is 4. The van der Waals surface area contributed by atoms with Crippen LogP contribution in [-0.2, 0) is 4.79 Å². The number of benzene rings is 3. The molecule has 152 valence electrons. The summed E-state index contributed by atoms with van der Waals surface area (Å²) in [6.07, 6.45) is 0. The maximum Gasteiger partial charge on any atom is 0.262 e. The van der Waals surface area contributed by atoms with Crippen LogP contribution in [-0.4, -0.2) is 17.5 Å². The van der Waals surface area contributed by atoms with Crippen molar-refractivity contribution < 1.29 is 9.53 Å². The lowest BCUT2D eigenvalue weighted by molar-refractivity contribution is -0.118. The fourth-order valence-corrected chi connectivity index (χ4v) is 5.37. The van der Waals surface area contributed by atoms with Crippen molar-refractivity contribution in [2.24, 2.45) is 0 Å². The van der Waals surface area contributed by atoms with E-state index in [1.54, 1.807) is 11.3 Å². The van der Waals surface area contributed by atoms with Gasteiger partial charge in [0.2, 0.25) is 0 Å². The molecule has 0 aliphatic heterocycles. The van der Waals surface area contributed by atoms with E-state index in [-0.39, 0.29) is 12.5 Å². The van der Waals surface area contributed by atoms with Crippen LogP contribution >= 0.6 is 43.2 Å². The zero-order chi connectivity index (χ0) is 21.3. The quantitative estimate of drug-likeness (QED) is 0.290. The molecule has 1 aromatic heterocycles. The van der Waals surface area contributed by atoms with Gasteiger partial charge in [-0.3, -0.25) is 4.79 Å². The maximum atomic E-state index is 12.7. The molecule has 4 rings (SSSR count). The number of ether oxygens (including phenoxy) is 1. The monoisotopic (exact) mass is 544 g/mol. The minimum absolute atomic E-state index is 0.0773. The Kier molecular flexibility index (Phi) is 6.22. The summed E-state index contributed by atoms with van der Waals surface area (Å²) in [5.41, 5.74) is 4.61. The average Bonchev–Trinajstić information content (AvgIpc) is 3.15. The van der Waals surface area contributed by atoms with E-state index in [2.05, 4.69) is 37.2 Å². The molecule has 4 aromatic rings. The zero-order valence-corrected chi connectivity index (χ0v) is 20.3. The van der Waals surface area contributed by atoms with Gasteiger partial charge < -0.3 is 10.1 Å². The summed E-state index contributed by atoms with van der Waals surface area (Å²) in [6.45, 7) is 3.93. The van der Waals surface area contributed by atoms with Crippen molar-refractivity contribution in [3.05, 3.63) is 74.7 Å². The van der Waals surface area contributed by atoms with Crippen molar-refractivity contribution in [2.75, 3.05) is 11.9 Å². The van der Waals surface area contributed by atoms with Crippen LogP contribution < -0.4 is 10.1 Å².